The van der Waals surface area contributed by atoms with Crippen LogP contribution in [-0.4, -0.2) is 25.8 Å². The molecule has 1 heterocycles. The molecule has 6 nitrogen and oxygen atoms in total. The molecular formula is C17H16N4O2. The molecule has 0 spiro atoms. The average molecular weight is 308 g/mol. The fourth-order valence-electron chi connectivity index (χ4n) is 2.22. The van der Waals surface area contributed by atoms with E-state index in [4.69, 9.17) is 0 Å². The lowest BCUT2D eigenvalue weighted by atomic mass is 10.1. The van der Waals surface area contributed by atoms with Crippen molar-refractivity contribution < 1.29 is 9.90 Å². The first kappa shape index (κ1) is 14.9. The van der Waals surface area contributed by atoms with Crippen molar-refractivity contribution in [3.8, 4) is 5.69 Å². The molecule has 6 heteroatoms. The molecule has 3 aromatic rings. The van der Waals surface area contributed by atoms with Gasteiger partial charge in [-0.05, 0) is 36.8 Å². The molecule has 23 heavy (non-hydrogen) atoms. The number of amides is 1. The number of hydrogen-bond acceptors (Lipinski definition) is 4. The van der Waals surface area contributed by atoms with E-state index < -0.39 is 6.10 Å². The molecule has 0 saturated heterocycles. The first-order chi connectivity index (χ1) is 11.1. The normalized spacial score (nSPS) is 11.9. The highest BCUT2D eigenvalue weighted by atomic mass is 16.3. The first-order valence-corrected chi connectivity index (χ1v) is 7.18. The zero-order valence-corrected chi connectivity index (χ0v) is 12.5. The minimum Gasteiger partial charge on any atom is -0.389 e. The number of aromatic nitrogens is 3. The van der Waals surface area contributed by atoms with Crippen LogP contribution in [0, 0.1) is 0 Å². The molecular weight excluding hydrogens is 292 g/mol. The van der Waals surface area contributed by atoms with E-state index in [1.807, 2.05) is 18.2 Å². The van der Waals surface area contributed by atoms with Crippen LogP contribution in [0.1, 0.15) is 28.9 Å². The van der Waals surface area contributed by atoms with Crippen LogP contribution >= 0.6 is 0 Å². The lowest BCUT2D eigenvalue weighted by molar-refractivity contribution is 0.102. The summed E-state index contributed by atoms with van der Waals surface area (Å²) >= 11 is 0. The van der Waals surface area contributed by atoms with Gasteiger partial charge < -0.3 is 10.4 Å². The molecule has 0 aliphatic carbocycles. The van der Waals surface area contributed by atoms with Crippen LogP contribution in [0.15, 0.2) is 61.2 Å². The van der Waals surface area contributed by atoms with Gasteiger partial charge in [-0.15, -0.1) is 0 Å². The number of aliphatic hydroxyl groups is 1. The quantitative estimate of drug-likeness (QED) is 0.776. The topological polar surface area (TPSA) is 80.0 Å². The number of anilines is 1. The molecule has 3 rings (SSSR count). The molecule has 1 atom stereocenters. The second-order valence-electron chi connectivity index (χ2n) is 5.11. The third-order valence-electron chi connectivity index (χ3n) is 3.47. The highest BCUT2D eigenvalue weighted by Gasteiger charge is 2.11. The maximum atomic E-state index is 12.4. The molecule has 2 aromatic carbocycles. The minimum atomic E-state index is -0.555. The van der Waals surface area contributed by atoms with Gasteiger partial charge in [0.2, 0.25) is 0 Å². The van der Waals surface area contributed by atoms with Gasteiger partial charge in [0.05, 0.1) is 17.5 Å². The monoisotopic (exact) mass is 308 g/mol. The van der Waals surface area contributed by atoms with Crippen LogP contribution in [-0.2, 0) is 0 Å². The summed E-state index contributed by atoms with van der Waals surface area (Å²) < 4.78 is 1.59. The predicted molar refractivity (Wildman–Crippen MR) is 86.4 cm³/mol. The van der Waals surface area contributed by atoms with E-state index in [1.165, 1.54) is 6.33 Å². The fourth-order valence-corrected chi connectivity index (χ4v) is 2.22. The Balaban J connectivity index is 1.83. The van der Waals surface area contributed by atoms with Crippen molar-refractivity contribution in [2.45, 2.75) is 13.0 Å². The van der Waals surface area contributed by atoms with E-state index in [0.29, 0.717) is 11.3 Å². The van der Waals surface area contributed by atoms with Gasteiger partial charge in [0.15, 0.2) is 0 Å². The minimum absolute atomic E-state index is 0.227. The number of rotatable bonds is 4. The lowest BCUT2D eigenvalue weighted by Gasteiger charge is -2.11. The number of carbonyl (C=O) groups is 1. The van der Waals surface area contributed by atoms with Crippen molar-refractivity contribution in [1.82, 2.24) is 14.8 Å². The molecule has 1 amide bonds. The second kappa shape index (κ2) is 6.41. The summed E-state index contributed by atoms with van der Waals surface area (Å²) in [5.74, 6) is -0.227. The van der Waals surface area contributed by atoms with Gasteiger partial charge in [-0.1, -0.05) is 24.3 Å². The van der Waals surface area contributed by atoms with E-state index >= 15 is 0 Å². The standard InChI is InChI=1S/C17H16N4O2/c1-12(22)13-6-8-14(9-7-13)17(23)20-15-4-2-3-5-16(15)21-11-18-10-19-21/h2-12,22H,1H3,(H,20,23). The molecule has 0 aliphatic heterocycles. The molecule has 2 N–H and O–H groups in total. The number of nitrogens with zero attached hydrogens (tertiary/aromatic N) is 3. The van der Waals surface area contributed by atoms with Gasteiger partial charge in [-0.3, -0.25) is 4.79 Å². The van der Waals surface area contributed by atoms with Crippen LogP contribution in [0.25, 0.3) is 5.69 Å². The number of nitrogens with one attached hydrogen (secondary N) is 1. The first-order valence-electron chi connectivity index (χ1n) is 7.18. The van der Waals surface area contributed by atoms with Crippen molar-refractivity contribution in [3.63, 3.8) is 0 Å². The number of carbonyl (C=O) groups excluding carboxylic acids is 1. The van der Waals surface area contributed by atoms with Crippen LogP contribution in [0.2, 0.25) is 0 Å². The van der Waals surface area contributed by atoms with Crippen LogP contribution in [0.3, 0.4) is 0 Å². The molecule has 116 valence electrons. The van der Waals surface area contributed by atoms with Crippen molar-refractivity contribution in [3.05, 3.63) is 72.3 Å². The van der Waals surface area contributed by atoms with Gasteiger partial charge in [-0.2, -0.15) is 5.10 Å². The molecule has 1 unspecified atom stereocenters. The van der Waals surface area contributed by atoms with Crippen LogP contribution in [0.4, 0.5) is 5.69 Å². The fraction of sp³-hybridized carbons (Fsp3) is 0.118. The Morgan fingerprint density at radius 3 is 2.57 bits per heavy atom. The maximum Gasteiger partial charge on any atom is 0.255 e. The summed E-state index contributed by atoms with van der Waals surface area (Å²) in [6.07, 6.45) is 2.45. The Labute approximate surface area is 133 Å². The highest BCUT2D eigenvalue weighted by Crippen LogP contribution is 2.20. The van der Waals surface area contributed by atoms with E-state index in [1.54, 1.807) is 48.3 Å². The number of para-hydroxylation sites is 2. The summed E-state index contributed by atoms with van der Waals surface area (Å²) in [6, 6.07) is 14.2. The van der Waals surface area contributed by atoms with Crippen LogP contribution in [0.5, 0.6) is 0 Å². The number of hydrogen-bond donors (Lipinski definition) is 2. The Morgan fingerprint density at radius 1 is 1.17 bits per heavy atom. The molecule has 0 fully saturated rings. The smallest absolute Gasteiger partial charge is 0.255 e. The zero-order valence-electron chi connectivity index (χ0n) is 12.5. The Hall–Kier alpha value is -2.99. The Kier molecular flexibility index (Phi) is 4.16. The second-order valence-corrected chi connectivity index (χ2v) is 5.11. The van der Waals surface area contributed by atoms with E-state index in [0.717, 1.165) is 11.3 Å². The van der Waals surface area contributed by atoms with E-state index in [-0.39, 0.29) is 5.91 Å². The van der Waals surface area contributed by atoms with Gasteiger partial charge >= 0.3 is 0 Å². The summed E-state index contributed by atoms with van der Waals surface area (Å²) in [7, 11) is 0. The third-order valence-corrected chi connectivity index (χ3v) is 3.47. The van der Waals surface area contributed by atoms with Gasteiger partial charge in [0.25, 0.3) is 5.91 Å². The maximum absolute atomic E-state index is 12.4. The summed E-state index contributed by atoms with van der Waals surface area (Å²) in [5.41, 5.74) is 2.66. The highest BCUT2D eigenvalue weighted by molar-refractivity contribution is 6.05. The Bertz CT molecular complexity index is 796. The van der Waals surface area contributed by atoms with Crippen molar-refractivity contribution in [1.29, 1.82) is 0 Å². The lowest BCUT2D eigenvalue weighted by Crippen LogP contribution is -2.14. The Morgan fingerprint density at radius 2 is 1.91 bits per heavy atom. The number of aliphatic hydroxyl groups excluding tert-OH is 1. The molecule has 0 radical (unpaired) electrons. The number of benzene rings is 2. The summed E-state index contributed by atoms with van der Waals surface area (Å²) in [6.45, 7) is 1.68. The zero-order chi connectivity index (χ0) is 16.2. The van der Waals surface area contributed by atoms with E-state index in [2.05, 4.69) is 15.4 Å². The average Bonchev–Trinajstić information content (AvgIpc) is 3.09. The molecule has 0 saturated carbocycles. The van der Waals surface area contributed by atoms with Gasteiger partial charge in [0.1, 0.15) is 12.7 Å². The molecule has 0 aliphatic rings. The summed E-state index contributed by atoms with van der Waals surface area (Å²) in [5, 5.41) is 16.5. The van der Waals surface area contributed by atoms with Crippen LogP contribution < -0.4 is 5.32 Å². The van der Waals surface area contributed by atoms with Gasteiger partial charge in [-0.25, -0.2) is 9.67 Å². The third kappa shape index (κ3) is 3.27. The predicted octanol–water partition coefficient (Wildman–Crippen LogP) is 2.57. The summed E-state index contributed by atoms with van der Waals surface area (Å²) in [4.78, 5) is 16.3. The van der Waals surface area contributed by atoms with Crippen molar-refractivity contribution >= 4 is 11.6 Å². The van der Waals surface area contributed by atoms with Crippen molar-refractivity contribution in [2.75, 3.05) is 5.32 Å². The molecule has 0 bridgehead atoms. The largest absolute Gasteiger partial charge is 0.389 e. The SMILES string of the molecule is CC(O)c1ccc(C(=O)Nc2ccccc2-n2cncn2)cc1. The van der Waals surface area contributed by atoms with E-state index in [9.17, 15) is 9.90 Å². The van der Waals surface area contributed by atoms with Gasteiger partial charge in [0, 0.05) is 5.56 Å². The van der Waals surface area contributed by atoms with Crippen molar-refractivity contribution in [2.24, 2.45) is 0 Å². The molecule has 1 aromatic heterocycles.